The van der Waals surface area contributed by atoms with E-state index in [0.29, 0.717) is 5.92 Å². The van der Waals surface area contributed by atoms with Crippen molar-refractivity contribution < 1.29 is 5.11 Å². The highest BCUT2D eigenvalue weighted by molar-refractivity contribution is 4.57. The van der Waals surface area contributed by atoms with E-state index in [2.05, 4.69) is 6.92 Å². The highest BCUT2D eigenvalue weighted by Crippen LogP contribution is 2.06. The molecule has 0 saturated carbocycles. The fourth-order valence-electron chi connectivity index (χ4n) is 0.629. The first-order valence-electron chi connectivity index (χ1n) is 3.36. The first kappa shape index (κ1) is 7.96. The second-order valence-corrected chi connectivity index (χ2v) is 2.60. The topological polar surface area (TPSA) is 20.2 Å². The summed E-state index contributed by atoms with van der Waals surface area (Å²) < 4.78 is 0. The zero-order valence-corrected chi connectivity index (χ0v) is 6.02. The van der Waals surface area contributed by atoms with Gasteiger partial charge in [0, 0.05) is 0 Å². The second-order valence-electron chi connectivity index (χ2n) is 2.60. The van der Waals surface area contributed by atoms with E-state index in [4.69, 9.17) is 5.11 Å². The molecular weight excluding hydrogens is 100 g/mol. The van der Waals surface area contributed by atoms with Gasteiger partial charge in [0.25, 0.3) is 0 Å². The smallest absolute Gasteiger partial charge is 0.0563 e. The molecular formula is C7H16O. The number of rotatable bonds is 3. The van der Waals surface area contributed by atoms with Crippen molar-refractivity contribution in [1.29, 1.82) is 0 Å². The van der Waals surface area contributed by atoms with Gasteiger partial charge in [-0.05, 0) is 12.3 Å². The molecule has 50 valence electrons. The van der Waals surface area contributed by atoms with Crippen molar-refractivity contribution in [3.63, 3.8) is 0 Å². The summed E-state index contributed by atoms with van der Waals surface area (Å²) in [6, 6.07) is 0. The Kier molecular flexibility index (Phi) is 3.88. The van der Waals surface area contributed by atoms with Crippen molar-refractivity contribution in [2.75, 3.05) is 0 Å². The lowest BCUT2D eigenvalue weighted by Crippen LogP contribution is -2.13. The standard InChI is InChI=1S/C7H16O/c1-4-5-7(8)6(2)3/h6-8H,4-5H2,1-3H3/t7-/m1/s1. The number of hydrogen-bond donors (Lipinski definition) is 1. The number of aliphatic hydroxyl groups excluding tert-OH is 1. The molecule has 0 unspecified atom stereocenters. The Morgan fingerprint density at radius 1 is 1.38 bits per heavy atom. The Balaban J connectivity index is 3.17. The Morgan fingerprint density at radius 2 is 1.88 bits per heavy atom. The van der Waals surface area contributed by atoms with Crippen molar-refractivity contribution in [2.24, 2.45) is 5.92 Å². The van der Waals surface area contributed by atoms with Crippen LogP contribution in [0, 0.1) is 5.92 Å². The van der Waals surface area contributed by atoms with E-state index < -0.39 is 0 Å². The summed E-state index contributed by atoms with van der Waals surface area (Å²) in [5.41, 5.74) is 0. The summed E-state index contributed by atoms with van der Waals surface area (Å²) in [4.78, 5) is 0. The SMILES string of the molecule is CCC[C@@H](O)C(C)C. The molecule has 1 N–H and O–H groups in total. The predicted molar refractivity (Wildman–Crippen MR) is 35.8 cm³/mol. The van der Waals surface area contributed by atoms with Gasteiger partial charge in [-0.3, -0.25) is 0 Å². The van der Waals surface area contributed by atoms with Crippen LogP contribution >= 0.6 is 0 Å². The normalized spacial score (nSPS) is 14.6. The maximum Gasteiger partial charge on any atom is 0.0563 e. The minimum atomic E-state index is -0.0833. The molecule has 0 aliphatic heterocycles. The van der Waals surface area contributed by atoms with E-state index in [1.165, 1.54) is 0 Å². The van der Waals surface area contributed by atoms with Crippen molar-refractivity contribution in [2.45, 2.75) is 39.7 Å². The van der Waals surface area contributed by atoms with Crippen LogP contribution in [0.15, 0.2) is 0 Å². The van der Waals surface area contributed by atoms with Crippen LogP contribution in [0.25, 0.3) is 0 Å². The highest BCUT2D eigenvalue weighted by Gasteiger charge is 2.05. The van der Waals surface area contributed by atoms with Crippen LogP contribution in [-0.2, 0) is 0 Å². The zero-order valence-electron chi connectivity index (χ0n) is 6.02. The molecule has 0 aromatic rings. The summed E-state index contributed by atoms with van der Waals surface area (Å²) >= 11 is 0. The minimum absolute atomic E-state index is 0.0833. The van der Waals surface area contributed by atoms with Crippen molar-refractivity contribution in [3.8, 4) is 0 Å². The molecule has 0 aromatic heterocycles. The maximum absolute atomic E-state index is 9.13. The summed E-state index contributed by atoms with van der Waals surface area (Å²) in [5, 5.41) is 9.13. The van der Waals surface area contributed by atoms with Crippen molar-refractivity contribution >= 4 is 0 Å². The van der Waals surface area contributed by atoms with Gasteiger partial charge in [-0.2, -0.15) is 0 Å². The molecule has 0 bridgehead atoms. The van der Waals surface area contributed by atoms with Gasteiger partial charge in [-0.25, -0.2) is 0 Å². The number of aliphatic hydroxyl groups is 1. The molecule has 1 atom stereocenters. The third-order valence-electron chi connectivity index (χ3n) is 1.35. The van der Waals surface area contributed by atoms with Crippen molar-refractivity contribution in [3.05, 3.63) is 0 Å². The van der Waals surface area contributed by atoms with Gasteiger partial charge in [0.15, 0.2) is 0 Å². The van der Waals surface area contributed by atoms with E-state index in [0.717, 1.165) is 12.8 Å². The fourth-order valence-corrected chi connectivity index (χ4v) is 0.629. The van der Waals surface area contributed by atoms with Gasteiger partial charge in [-0.15, -0.1) is 0 Å². The molecule has 0 heterocycles. The van der Waals surface area contributed by atoms with Crippen molar-refractivity contribution in [1.82, 2.24) is 0 Å². The molecule has 0 aliphatic rings. The number of hydrogen-bond acceptors (Lipinski definition) is 1. The predicted octanol–water partition coefficient (Wildman–Crippen LogP) is 1.80. The Bertz CT molecular complexity index is 50.3. The average Bonchev–Trinajstić information content (AvgIpc) is 1.67. The van der Waals surface area contributed by atoms with Crippen LogP contribution in [0.2, 0.25) is 0 Å². The van der Waals surface area contributed by atoms with Crippen LogP contribution < -0.4 is 0 Å². The lowest BCUT2D eigenvalue weighted by Gasteiger charge is -2.11. The van der Waals surface area contributed by atoms with Crippen LogP contribution in [0.5, 0.6) is 0 Å². The average molecular weight is 116 g/mol. The van der Waals surface area contributed by atoms with Gasteiger partial charge >= 0.3 is 0 Å². The van der Waals surface area contributed by atoms with Gasteiger partial charge in [-0.1, -0.05) is 27.2 Å². The fraction of sp³-hybridized carbons (Fsp3) is 1.00. The van der Waals surface area contributed by atoms with Crippen LogP contribution in [0.1, 0.15) is 33.6 Å². The molecule has 0 aliphatic carbocycles. The van der Waals surface area contributed by atoms with Crippen LogP contribution in [-0.4, -0.2) is 11.2 Å². The van der Waals surface area contributed by atoms with Crippen LogP contribution in [0.3, 0.4) is 0 Å². The third-order valence-corrected chi connectivity index (χ3v) is 1.35. The molecule has 0 fully saturated rings. The van der Waals surface area contributed by atoms with E-state index in [9.17, 15) is 0 Å². The van der Waals surface area contributed by atoms with Gasteiger partial charge < -0.3 is 5.11 Å². The molecule has 8 heavy (non-hydrogen) atoms. The van der Waals surface area contributed by atoms with Gasteiger partial charge in [0.05, 0.1) is 6.10 Å². The molecule has 0 spiro atoms. The quantitative estimate of drug-likeness (QED) is 0.596. The summed E-state index contributed by atoms with van der Waals surface area (Å²) in [6.07, 6.45) is 1.94. The summed E-state index contributed by atoms with van der Waals surface area (Å²) in [5.74, 6) is 0.426. The highest BCUT2D eigenvalue weighted by atomic mass is 16.3. The molecule has 0 amide bonds. The third kappa shape index (κ3) is 3.03. The lowest BCUT2D eigenvalue weighted by atomic mass is 10.0. The van der Waals surface area contributed by atoms with Gasteiger partial charge in [0.1, 0.15) is 0 Å². The largest absolute Gasteiger partial charge is 0.393 e. The monoisotopic (exact) mass is 116 g/mol. The van der Waals surface area contributed by atoms with Gasteiger partial charge in [0.2, 0.25) is 0 Å². The molecule has 0 rings (SSSR count). The molecule has 0 saturated heterocycles. The minimum Gasteiger partial charge on any atom is -0.393 e. The van der Waals surface area contributed by atoms with E-state index in [-0.39, 0.29) is 6.10 Å². The lowest BCUT2D eigenvalue weighted by molar-refractivity contribution is 0.115. The van der Waals surface area contributed by atoms with Crippen LogP contribution in [0.4, 0.5) is 0 Å². The Morgan fingerprint density at radius 3 is 2.00 bits per heavy atom. The Hall–Kier alpha value is -0.0400. The van der Waals surface area contributed by atoms with E-state index >= 15 is 0 Å². The zero-order chi connectivity index (χ0) is 6.57. The first-order valence-corrected chi connectivity index (χ1v) is 3.36. The summed E-state index contributed by atoms with van der Waals surface area (Å²) in [7, 11) is 0. The van der Waals surface area contributed by atoms with E-state index in [1.54, 1.807) is 0 Å². The second kappa shape index (κ2) is 3.90. The first-order chi connectivity index (χ1) is 3.68. The summed E-state index contributed by atoms with van der Waals surface area (Å²) in [6.45, 7) is 6.17. The molecule has 1 heteroatoms. The van der Waals surface area contributed by atoms with E-state index in [1.807, 2.05) is 13.8 Å². The molecule has 0 radical (unpaired) electrons. The molecule has 1 nitrogen and oxygen atoms in total. The Labute approximate surface area is 51.7 Å². The maximum atomic E-state index is 9.13. The molecule has 0 aromatic carbocycles.